The molecule has 12 atom stereocenters. The lowest BCUT2D eigenvalue weighted by atomic mass is 9.97. The van der Waals surface area contributed by atoms with E-state index in [9.17, 15) is 45.6 Å². The number of aliphatic hydroxyl groups is 8. The van der Waals surface area contributed by atoms with E-state index in [4.69, 9.17) is 18.9 Å². The molecular weight excluding hydrogens is 1100 g/mol. The molecule has 14 nitrogen and oxygen atoms in total. The number of carbonyl (C=O) groups is 1. The molecule has 2 fully saturated rings. The van der Waals surface area contributed by atoms with Crippen LogP contribution in [-0.4, -0.2) is 140 Å². The van der Waals surface area contributed by atoms with Crippen LogP contribution >= 0.6 is 0 Å². The third kappa shape index (κ3) is 42.6. The minimum Gasteiger partial charge on any atom is -0.394 e. The molecule has 0 aromatic heterocycles. The van der Waals surface area contributed by atoms with Gasteiger partial charge in [0.05, 0.1) is 32.0 Å². The molecule has 0 spiro atoms. The van der Waals surface area contributed by atoms with Crippen LogP contribution in [0, 0.1) is 0 Å². The van der Waals surface area contributed by atoms with Gasteiger partial charge in [-0.05, 0) is 19.3 Å². The van der Waals surface area contributed by atoms with Gasteiger partial charge in [0.2, 0.25) is 5.91 Å². The van der Waals surface area contributed by atoms with Crippen molar-refractivity contribution in [3.8, 4) is 0 Å². The van der Waals surface area contributed by atoms with Crippen LogP contribution in [0.4, 0.5) is 0 Å². The van der Waals surface area contributed by atoms with Gasteiger partial charge in [0.25, 0.3) is 0 Å². The molecule has 2 aliphatic heterocycles. The van der Waals surface area contributed by atoms with E-state index in [0.717, 1.165) is 44.9 Å². The summed E-state index contributed by atoms with van der Waals surface area (Å²) in [6.45, 7) is 2.85. The quantitative estimate of drug-likeness (QED) is 0.0204. The molecule has 0 aromatic rings. The van der Waals surface area contributed by atoms with Crippen LogP contribution in [0.3, 0.4) is 0 Å². The smallest absolute Gasteiger partial charge is 0.220 e. The zero-order valence-electron chi connectivity index (χ0n) is 56.3. The molecule has 0 saturated carbocycles. The Morgan fingerprint density at radius 2 is 0.713 bits per heavy atom. The number of nitrogens with one attached hydrogen (secondary N) is 1. The maximum atomic E-state index is 13.3. The second kappa shape index (κ2) is 58.5. The van der Waals surface area contributed by atoms with Gasteiger partial charge >= 0.3 is 0 Å². The van der Waals surface area contributed by atoms with Crippen LogP contribution in [0.2, 0.25) is 0 Å². The average molecular weight is 1240 g/mol. The molecule has 2 heterocycles. The van der Waals surface area contributed by atoms with Crippen molar-refractivity contribution in [2.24, 2.45) is 0 Å². The number of hydrogen-bond acceptors (Lipinski definition) is 13. The largest absolute Gasteiger partial charge is 0.394 e. The van der Waals surface area contributed by atoms with Crippen molar-refractivity contribution in [3.05, 3.63) is 12.2 Å². The molecule has 1 amide bonds. The number of allylic oxidation sites excluding steroid dienone is 1. The van der Waals surface area contributed by atoms with Gasteiger partial charge in [-0.3, -0.25) is 4.79 Å². The number of hydrogen-bond donors (Lipinski definition) is 9. The minimum atomic E-state index is -1.79. The zero-order chi connectivity index (χ0) is 63.1. The Morgan fingerprint density at radius 1 is 0.402 bits per heavy atom. The van der Waals surface area contributed by atoms with Crippen LogP contribution in [-0.2, 0) is 23.7 Å². The number of amides is 1. The SMILES string of the molecule is CCCCCCCCCCCCCCCC/C=C/C(O)C(COC1OC(CO)C(OC2OC(CO)C(O)C(O)C2O)C(O)C1O)NC(=O)CCCCCCCCCCCCCCCCCCCCCCCCCCCCCCCCCCCCCCC. The zero-order valence-corrected chi connectivity index (χ0v) is 56.3. The van der Waals surface area contributed by atoms with E-state index in [1.807, 2.05) is 6.08 Å². The predicted molar refractivity (Wildman–Crippen MR) is 355 cm³/mol. The standard InChI is InChI=1S/C73H141NO13/c1-3-5-7-9-11-13-15-17-19-21-22-23-24-25-26-27-28-29-30-31-32-33-34-35-36-37-38-39-40-41-43-45-47-49-51-53-55-57-65(78)74-61(62(77)56-54-52-50-48-46-44-42-20-18-16-14-12-10-8-6-4-2)60-84-72-70(83)68(81)71(64(59-76)86-72)87-73-69(82)67(80)66(79)63(58-75)85-73/h54,56,61-64,66-73,75-77,79-83H,3-53,55,57-60H2,1-2H3,(H,74,78)/b56-54+. The van der Waals surface area contributed by atoms with Crippen molar-refractivity contribution < 1.29 is 64.6 Å². The highest BCUT2D eigenvalue weighted by molar-refractivity contribution is 5.76. The van der Waals surface area contributed by atoms with Crippen molar-refractivity contribution in [1.29, 1.82) is 0 Å². The fraction of sp³-hybridized carbons (Fsp3) is 0.959. The van der Waals surface area contributed by atoms with E-state index in [-0.39, 0.29) is 18.9 Å². The molecule has 2 rings (SSSR count). The van der Waals surface area contributed by atoms with E-state index in [0.29, 0.717) is 0 Å². The van der Waals surface area contributed by atoms with E-state index < -0.39 is 86.8 Å². The van der Waals surface area contributed by atoms with Gasteiger partial charge in [-0.2, -0.15) is 0 Å². The molecule has 2 saturated heterocycles. The molecule has 2 aliphatic rings. The summed E-state index contributed by atoms with van der Waals surface area (Å²) in [5.41, 5.74) is 0. The fourth-order valence-electron chi connectivity index (χ4n) is 12.8. The number of unbranched alkanes of at least 4 members (excludes halogenated alkanes) is 50. The van der Waals surface area contributed by atoms with Crippen molar-refractivity contribution in [3.63, 3.8) is 0 Å². The lowest BCUT2D eigenvalue weighted by molar-refractivity contribution is -0.359. The van der Waals surface area contributed by atoms with Gasteiger partial charge < -0.3 is 65.1 Å². The first-order valence-corrected chi connectivity index (χ1v) is 37.4. The second-order valence-electron chi connectivity index (χ2n) is 26.8. The highest BCUT2D eigenvalue weighted by Crippen LogP contribution is 2.30. The summed E-state index contributed by atoms with van der Waals surface area (Å²) in [6.07, 6.45) is 55.9. The Kier molecular flexibility index (Phi) is 55.1. The highest BCUT2D eigenvalue weighted by atomic mass is 16.7. The molecule has 516 valence electrons. The van der Waals surface area contributed by atoms with Gasteiger partial charge in [0.1, 0.15) is 48.8 Å². The number of ether oxygens (including phenoxy) is 4. The van der Waals surface area contributed by atoms with Crippen molar-refractivity contribution in [2.45, 2.75) is 428 Å². The third-order valence-electron chi connectivity index (χ3n) is 18.7. The topological polar surface area (TPSA) is 228 Å². The lowest BCUT2D eigenvalue weighted by Gasteiger charge is -2.46. The summed E-state index contributed by atoms with van der Waals surface area (Å²) in [5, 5.41) is 87.4. The van der Waals surface area contributed by atoms with Gasteiger partial charge in [0.15, 0.2) is 12.6 Å². The molecule has 12 unspecified atom stereocenters. The number of carbonyl (C=O) groups excluding carboxylic acids is 1. The summed E-state index contributed by atoms with van der Waals surface area (Å²) in [7, 11) is 0. The molecule has 87 heavy (non-hydrogen) atoms. The van der Waals surface area contributed by atoms with Crippen molar-refractivity contribution in [2.75, 3.05) is 19.8 Å². The minimum absolute atomic E-state index is 0.231. The Labute approximate surface area is 533 Å². The number of rotatable bonds is 63. The monoisotopic (exact) mass is 1240 g/mol. The Balaban J connectivity index is 1.56. The van der Waals surface area contributed by atoms with Crippen LogP contribution in [0.15, 0.2) is 12.2 Å². The highest BCUT2D eigenvalue weighted by Gasteiger charge is 2.51. The summed E-state index contributed by atoms with van der Waals surface area (Å²) >= 11 is 0. The van der Waals surface area contributed by atoms with Crippen LogP contribution in [0.1, 0.15) is 354 Å². The first kappa shape index (κ1) is 81.8. The first-order chi connectivity index (χ1) is 42.6. The van der Waals surface area contributed by atoms with E-state index in [1.54, 1.807) is 6.08 Å². The van der Waals surface area contributed by atoms with E-state index >= 15 is 0 Å². The van der Waals surface area contributed by atoms with Gasteiger partial charge in [0, 0.05) is 6.42 Å². The van der Waals surface area contributed by atoms with Gasteiger partial charge in [-0.15, -0.1) is 0 Å². The molecule has 0 aliphatic carbocycles. The van der Waals surface area contributed by atoms with E-state index in [1.165, 1.54) is 289 Å². The molecule has 0 radical (unpaired) electrons. The predicted octanol–water partition coefficient (Wildman–Crippen LogP) is 15.7. The Bertz CT molecular complexity index is 1510. The molecule has 0 bridgehead atoms. The molecule has 0 aromatic carbocycles. The van der Waals surface area contributed by atoms with Crippen LogP contribution in [0.5, 0.6) is 0 Å². The summed E-state index contributed by atoms with van der Waals surface area (Å²) in [4.78, 5) is 13.3. The first-order valence-electron chi connectivity index (χ1n) is 37.4. The van der Waals surface area contributed by atoms with E-state index in [2.05, 4.69) is 19.2 Å². The van der Waals surface area contributed by atoms with Crippen LogP contribution < -0.4 is 5.32 Å². The second-order valence-corrected chi connectivity index (χ2v) is 26.8. The summed E-state index contributed by atoms with van der Waals surface area (Å²) in [6, 6.07) is -0.911. The average Bonchev–Trinajstić information content (AvgIpc) is 1.60. The summed E-state index contributed by atoms with van der Waals surface area (Å²) in [5.74, 6) is -0.231. The van der Waals surface area contributed by atoms with Crippen molar-refractivity contribution >= 4 is 5.91 Å². The molecule has 9 N–H and O–H groups in total. The maximum Gasteiger partial charge on any atom is 0.220 e. The molecule has 14 heteroatoms. The van der Waals surface area contributed by atoms with Crippen LogP contribution in [0.25, 0.3) is 0 Å². The maximum absolute atomic E-state index is 13.3. The lowest BCUT2D eigenvalue weighted by Crippen LogP contribution is -2.65. The normalized spacial score (nSPS) is 23.2. The summed E-state index contributed by atoms with van der Waals surface area (Å²) < 4.78 is 22.9. The number of aliphatic hydroxyl groups excluding tert-OH is 8. The van der Waals surface area contributed by atoms with Crippen molar-refractivity contribution in [1.82, 2.24) is 5.32 Å². The Hall–Kier alpha value is -1.27. The van der Waals surface area contributed by atoms with Gasteiger partial charge in [-0.25, -0.2) is 0 Å². The Morgan fingerprint density at radius 3 is 1.06 bits per heavy atom. The molecular formula is C73H141NO13. The third-order valence-corrected chi connectivity index (χ3v) is 18.7. The van der Waals surface area contributed by atoms with Gasteiger partial charge in [-0.1, -0.05) is 341 Å². The fourth-order valence-corrected chi connectivity index (χ4v) is 12.8.